The van der Waals surface area contributed by atoms with Crippen molar-refractivity contribution in [3.8, 4) is 5.75 Å². The van der Waals surface area contributed by atoms with E-state index in [1.807, 2.05) is 26.0 Å². The van der Waals surface area contributed by atoms with E-state index in [1.165, 1.54) is 6.26 Å². The normalized spacial score (nSPS) is 13.5. The average Bonchev–Trinajstić information content (AvgIpc) is 3.32. The van der Waals surface area contributed by atoms with E-state index in [0.29, 0.717) is 11.4 Å². The van der Waals surface area contributed by atoms with Gasteiger partial charge in [0.15, 0.2) is 5.84 Å². The third-order valence-electron chi connectivity index (χ3n) is 4.56. The summed E-state index contributed by atoms with van der Waals surface area (Å²) in [5.74, 6) is 0.213. The van der Waals surface area contributed by atoms with Crippen LogP contribution in [0.4, 0.5) is 0 Å². The maximum atomic E-state index is 11.2. The van der Waals surface area contributed by atoms with Crippen molar-refractivity contribution in [2.24, 2.45) is 10.9 Å². The van der Waals surface area contributed by atoms with Crippen molar-refractivity contribution in [3.63, 3.8) is 0 Å². The van der Waals surface area contributed by atoms with E-state index in [1.54, 1.807) is 37.4 Å². The van der Waals surface area contributed by atoms with Crippen LogP contribution in [0.2, 0.25) is 0 Å². The van der Waals surface area contributed by atoms with Crippen LogP contribution in [-0.4, -0.2) is 42.4 Å². The van der Waals surface area contributed by atoms with E-state index in [4.69, 9.17) is 24.6 Å². The van der Waals surface area contributed by atoms with Crippen LogP contribution in [0.5, 0.6) is 5.75 Å². The minimum absolute atomic E-state index is 0.0365. The molecule has 1 heterocycles. The van der Waals surface area contributed by atoms with Gasteiger partial charge in [-0.15, -0.1) is 0 Å². The van der Waals surface area contributed by atoms with Gasteiger partial charge in [-0.05, 0) is 24.6 Å². The van der Waals surface area contributed by atoms with Crippen molar-refractivity contribution in [1.82, 2.24) is 5.16 Å². The van der Waals surface area contributed by atoms with E-state index in [9.17, 15) is 9.90 Å². The lowest BCUT2D eigenvalue weighted by Crippen LogP contribution is -2.21. The molecule has 9 nitrogen and oxygen atoms in total. The summed E-state index contributed by atoms with van der Waals surface area (Å²) in [4.78, 5) is 16.6. The van der Waals surface area contributed by atoms with Crippen LogP contribution < -0.4 is 10.5 Å². The van der Waals surface area contributed by atoms with Crippen LogP contribution in [0.15, 0.2) is 69.8 Å². The number of aliphatic carboxylic acids is 1. The smallest absolute Gasteiger partial charge is 0.304 e. The van der Waals surface area contributed by atoms with E-state index >= 15 is 0 Å². The van der Waals surface area contributed by atoms with E-state index in [-0.39, 0.29) is 25.5 Å². The largest absolute Gasteiger partial charge is 0.501 e. The molecule has 3 N–H and O–H groups in total. The number of carbonyl (C=O) groups is 1. The molecule has 1 aromatic carbocycles. The highest BCUT2D eigenvalue weighted by Crippen LogP contribution is 2.28. The maximum absolute atomic E-state index is 11.2. The lowest BCUT2D eigenvalue weighted by atomic mass is 9.92. The Balaban J connectivity index is 1.94. The molecular weight excluding hydrogens is 414 g/mol. The monoisotopic (exact) mass is 443 g/mol. The molecule has 2 aromatic rings. The van der Waals surface area contributed by atoms with Crippen LogP contribution in [-0.2, 0) is 14.4 Å². The molecule has 2 rings (SSSR count). The summed E-state index contributed by atoms with van der Waals surface area (Å²) < 4.78 is 15.8. The third-order valence-corrected chi connectivity index (χ3v) is 4.56. The van der Waals surface area contributed by atoms with Gasteiger partial charge in [-0.2, -0.15) is 0 Å². The van der Waals surface area contributed by atoms with Crippen LogP contribution >= 0.6 is 0 Å². The first-order valence-electron chi connectivity index (χ1n) is 10.2. The number of benzene rings is 1. The standard InChI is InChI=1S/C23H29N3O6/c1-4-6-17(21(5-2)29-3)14-32-26-22(24)15-30-18-9-7-16(8-10-18)19(13-23(27)28)20-11-12-31-25-20/h4,6-12,19H,5,13-15H2,1-3H3,(H2,24,26)(H,27,28)/b6-4-,21-17-/t19-/m0/s1. The number of carboxylic acid groups (broad SMARTS) is 1. The van der Waals surface area contributed by atoms with Crippen LogP contribution in [0, 0.1) is 0 Å². The first-order chi connectivity index (χ1) is 15.5. The van der Waals surface area contributed by atoms with E-state index in [0.717, 1.165) is 23.3 Å². The summed E-state index contributed by atoms with van der Waals surface area (Å²) in [6.45, 7) is 4.17. The zero-order chi connectivity index (χ0) is 23.3. The predicted octanol–water partition coefficient (Wildman–Crippen LogP) is 3.84. The molecule has 0 saturated heterocycles. The van der Waals surface area contributed by atoms with Crippen molar-refractivity contribution in [1.29, 1.82) is 0 Å². The molecule has 32 heavy (non-hydrogen) atoms. The topological polar surface area (TPSA) is 129 Å². The highest BCUT2D eigenvalue weighted by atomic mass is 16.6. The number of aromatic nitrogens is 1. The second-order valence-corrected chi connectivity index (χ2v) is 6.79. The molecule has 1 atom stereocenters. The fraction of sp³-hybridized carbons (Fsp3) is 0.348. The number of hydrogen-bond donors (Lipinski definition) is 2. The number of amidine groups is 1. The number of nitrogens with two attached hydrogens (primary N) is 1. The molecule has 0 radical (unpaired) electrons. The van der Waals surface area contributed by atoms with Crippen molar-refractivity contribution in [2.75, 3.05) is 20.3 Å². The fourth-order valence-corrected chi connectivity index (χ4v) is 3.06. The number of methoxy groups -OCH3 is 1. The van der Waals surface area contributed by atoms with E-state index < -0.39 is 11.9 Å². The number of carboxylic acids is 1. The first-order valence-corrected chi connectivity index (χ1v) is 10.2. The minimum atomic E-state index is -0.925. The number of hydrogen-bond acceptors (Lipinski definition) is 7. The molecular formula is C23H29N3O6. The maximum Gasteiger partial charge on any atom is 0.304 e. The highest BCUT2D eigenvalue weighted by Gasteiger charge is 2.20. The molecule has 0 aliphatic heterocycles. The predicted molar refractivity (Wildman–Crippen MR) is 119 cm³/mol. The molecule has 172 valence electrons. The molecule has 0 amide bonds. The average molecular weight is 444 g/mol. The van der Waals surface area contributed by atoms with Crippen LogP contribution in [0.25, 0.3) is 0 Å². The highest BCUT2D eigenvalue weighted by molar-refractivity contribution is 5.81. The third kappa shape index (κ3) is 7.50. The molecule has 0 bridgehead atoms. The van der Waals surface area contributed by atoms with E-state index in [2.05, 4.69) is 10.3 Å². The summed E-state index contributed by atoms with van der Waals surface area (Å²) in [6.07, 6.45) is 5.86. The van der Waals surface area contributed by atoms with Gasteiger partial charge in [0.05, 0.1) is 19.2 Å². The van der Waals surface area contributed by atoms with Gasteiger partial charge in [0.2, 0.25) is 0 Å². The van der Waals surface area contributed by atoms with Crippen molar-refractivity contribution in [3.05, 3.63) is 71.3 Å². The minimum Gasteiger partial charge on any atom is -0.501 e. The first kappa shape index (κ1) is 24.5. The van der Waals surface area contributed by atoms with Gasteiger partial charge in [-0.3, -0.25) is 4.79 Å². The number of rotatable bonds is 13. The Bertz CT molecular complexity index is 927. The summed E-state index contributed by atoms with van der Waals surface area (Å²) in [7, 11) is 1.62. The molecule has 0 fully saturated rings. The quantitative estimate of drug-likeness (QED) is 0.157. The molecule has 9 heteroatoms. The zero-order valence-corrected chi connectivity index (χ0v) is 18.5. The summed E-state index contributed by atoms with van der Waals surface area (Å²) >= 11 is 0. The Morgan fingerprint density at radius 2 is 2.03 bits per heavy atom. The summed E-state index contributed by atoms with van der Waals surface area (Å²) in [5, 5.41) is 17.0. The van der Waals surface area contributed by atoms with Crippen molar-refractivity contribution < 1.29 is 28.7 Å². The Labute approximate surface area is 187 Å². The summed E-state index contributed by atoms with van der Waals surface area (Å²) in [6, 6.07) is 8.69. The number of oxime groups is 1. The molecule has 0 saturated carbocycles. The summed E-state index contributed by atoms with van der Waals surface area (Å²) in [5.41, 5.74) is 8.09. The van der Waals surface area contributed by atoms with Gasteiger partial charge in [0.25, 0.3) is 0 Å². The Morgan fingerprint density at radius 3 is 2.59 bits per heavy atom. The second kappa shape index (κ2) is 12.8. The van der Waals surface area contributed by atoms with Gasteiger partial charge in [-0.25, -0.2) is 0 Å². The Morgan fingerprint density at radius 1 is 1.28 bits per heavy atom. The SMILES string of the molecule is C/C=C\C(CO/N=C(\N)COc1ccc([C@H](CC(=O)O)c2ccon2)cc1)=C(/CC)OC. The van der Waals surface area contributed by atoms with Crippen LogP contribution in [0.3, 0.4) is 0 Å². The lowest BCUT2D eigenvalue weighted by molar-refractivity contribution is -0.137. The van der Waals surface area contributed by atoms with Gasteiger partial charge in [0, 0.05) is 24.0 Å². The number of nitrogens with zero attached hydrogens (tertiary/aromatic N) is 2. The van der Waals surface area contributed by atoms with Crippen molar-refractivity contribution in [2.45, 2.75) is 32.6 Å². The molecule has 0 spiro atoms. The Hall–Kier alpha value is -3.75. The van der Waals surface area contributed by atoms with Gasteiger partial charge in [-0.1, -0.05) is 41.5 Å². The zero-order valence-electron chi connectivity index (χ0n) is 18.5. The van der Waals surface area contributed by atoms with Crippen LogP contribution in [0.1, 0.15) is 43.9 Å². The number of ether oxygens (including phenoxy) is 2. The molecule has 1 aromatic heterocycles. The molecule has 0 aliphatic carbocycles. The number of allylic oxidation sites excluding steroid dienone is 2. The molecule has 0 unspecified atom stereocenters. The fourth-order valence-electron chi connectivity index (χ4n) is 3.06. The van der Waals surface area contributed by atoms with Gasteiger partial charge in [0.1, 0.15) is 31.0 Å². The second-order valence-electron chi connectivity index (χ2n) is 6.79. The van der Waals surface area contributed by atoms with Gasteiger partial charge < -0.3 is 29.7 Å². The van der Waals surface area contributed by atoms with Crippen molar-refractivity contribution >= 4 is 11.8 Å². The molecule has 0 aliphatic rings. The lowest BCUT2D eigenvalue weighted by Gasteiger charge is -2.13. The Kier molecular flexibility index (Phi) is 9.83. The van der Waals surface area contributed by atoms with Gasteiger partial charge >= 0.3 is 5.97 Å².